The van der Waals surface area contributed by atoms with Gasteiger partial charge >= 0.3 is 6.09 Å². The number of hydrogen-bond donors (Lipinski definition) is 0. The van der Waals surface area contributed by atoms with Crippen LogP contribution in [-0.2, 0) is 4.74 Å². The number of carbonyl (C=O) groups excluding carboxylic acids is 1. The van der Waals surface area contributed by atoms with Crippen molar-refractivity contribution in [2.75, 3.05) is 0 Å². The molecule has 2 atom stereocenters. The van der Waals surface area contributed by atoms with Gasteiger partial charge in [0.2, 0.25) is 0 Å². The second-order valence-corrected chi connectivity index (χ2v) is 6.04. The molecule has 20 heavy (non-hydrogen) atoms. The zero-order valence-electron chi connectivity index (χ0n) is 12.2. The molecule has 0 aromatic heterocycles. The van der Waals surface area contributed by atoms with Gasteiger partial charge in [-0.3, -0.25) is 4.90 Å². The summed E-state index contributed by atoms with van der Waals surface area (Å²) in [5.41, 5.74) is 0.497. The average molecular weight is 272 g/mol. The van der Waals surface area contributed by atoms with Crippen LogP contribution in [0.25, 0.3) is 0 Å². The second-order valence-electron chi connectivity index (χ2n) is 6.04. The van der Waals surface area contributed by atoms with Crippen molar-refractivity contribution in [3.63, 3.8) is 0 Å². The maximum absolute atomic E-state index is 12.4. The van der Waals surface area contributed by atoms with Gasteiger partial charge in [-0.25, -0.2) is 4.79 Å². The number of amides is 1. The van der Waals surface area contributed by atoms with Gasteiger partial charge in [0.05, 0.1) is 12.1 Å². The third-order valence-corrected chi connectivity index (χ3v) is 3.32. The topological polar surface area (TPSA) is 53.3 Å². The van der Waals surface area contributed by atoms with Crippen LogP contribution >= 0.6 is 0 Å². The van der Waals surface area contributed by atoms with Crippen molar-refractivity contribution in [2.45, 2.75) is 51.3 Å². The molecule has 0 bridgehead atoms. The van der Waals surface area contributed by atoms with E-state index in [1.54, 1.807) is 4.90 Å². The third-order valence-electron chi connectivity index (χ3n) is 3.32. The van der Waals surface area contributed by atoms with Crippen molar-refractivity contribution in [3.8, 4) is 6.07 Å². The molecule has 0 N–H and O–H groups in total. The van der Waals surface area contributed by atoms with E-state index in [-0.39, 0.29) is 6.04 Å². The monoisotopic (exact) mass is 272 g/mol. The van der Waals surface area contributed by atoms with E-state index in [9.17, 15) is 10.1 Å². The molecule has 106 valence electrons. The molecule has 1 aliphatic rings. The zero-order chi connectivity index (χ0) is 14.8. The second kappa shape index (κ2) is 5.54. The lowest BCUT2D eigenvalue weighted by atomic mass is 10.1. The number of likely N-dealkylation sites (tertiary alicyclic amines) is 1. The number of benzene rings is 1. The van der Waals surface area contributed by atoms with Crippen LogP contribution in [0.1, 0.15) is 45.2 Å². The van der Waals surface area contributed by atoms with Gasteiger partial charge in [0.15, 0.2) is 0 Å². The lowest BCUT2D eigenvalue weighted by Gasteiger charge is -2.30. The molecule has 1 aromatic rings. The molecule has 0 radical (unpaired) electrons. The van der Waals surface area contributed by atoms with E-state index in [2.05, 4.69) is 6.07 Å². The smallest absolute Gasteiger partial charge is 0.411 e. The molecule has 4 heteroatoms. The van der Waals surface area contributed by atoms with Gasteiger partial charge in [0.25, 0.3) is 0 Å². The molecule has 0 saturated carbocycles. The lowest BCUT2D eigenvalue weighted by Crippen LogP contribution is -2.40. The molecule has 1 fully saturated rings. The third kappa shape index (κ3) is 3.11. The molecule has 0 spiro atoms. The number of nitriles is 1. The molecule has 4 nitrogen and oxygen atoms in total. The number of ether oxygens (including phenoxy) is 1. The normalized spacial score (nSPS) is 22.4. The Bertz CT molecular complexity index is 514. The van der Waals surface area contributed by atoms with Crippen molar-refractivity contribution in [1.82, 2.24) is 4.90 Å². The van der Waals surface area contributed by atoms with Crippen molar-refractivity contribution >= 4 is 6.09 Å². The number of hydrogen-bond acceptors (Lipinski definition) is 3. The molecule has 1 aromatic carbocycles. The molecule has 1 amide bonds. The van der Waals surface area contributed by atoms with E-state index in [1.165, 1.54) is 0 Å². The van der Waals surface area contributed by atoms with Crippen molar-refractivity contribution in [3.05, 3.63) is 35.9 Å². The van der Waals surface area contributed by atoms with Gasteiger partial charge in [-0.1, -0.05) is 30.3 Å². The molecular weight excluding hydrogens is 252 g/mol. The predicted octanol–water partition coefficient (Wildman–Crippen LogP) is 3.65. The minimum Gasteiger partial charge on any atom is -0.444 e. The first kappa shape index (κ1) is 14.4. The fraction of sp³-hybridized carbons (Fsp3) is 0.500. The molecule has 1 saturated heterocycles. The summed E-state index contributed by atoms with van der Waals surface area (Å²) in [4.78, 5) is 14.0. The first-order valence-corrected chi connectivity index (χ1v) is 6.88. The Morgan fingerprint density at radius 1 is 1.30 bits per heavy atom. The van der Waals surface area contributed by atoms with Crippen LogP contribution < -0.4 is 0 Å². The first-order valence-electron chi connectivity index (χ1n) is 6.88. The minimum absolute atomic E-state index is 0.0734. The molecule has 2 rings (SSSR count). The fourth-order valence-electron chi connectivity index (χ4n) is 2.51. The van der Waals surface area contributed by atoms with Crippen LogP contribution in [0.15, 0.2) is 30.3 Å². The van der Waals surface area contributed by atoms with E-state index in [4.69, 9.17) is 4.74 Å². The van der Waals surface area contributed by atoms with Crippen molar-refractivity contribution in [1.29, 1.82) is 5.26 Å². The van der Waals surface area contributed by atoms with Crippen molar-refractivity contribution < 1.29 is 9.53 Å². The summed E-state index contributed by atoms with van der Waals surface area (Å²) in [6.07, 6.45) is 1.08. The Labute approximate surface area is 120 Å². The van der Waals surface area contributed by atoms with E-state index < -0.39 is 17.7 Å². The Hall–Kier alpha value is -2.02. The summed E-state index contributed by atoms with van der Waals surface area (Å²) in [5.74, 6) is 0. The van der Waals surface area contributed by atoms with E-state index in [0.29, 0.717) is 6.42 Å². The minimum atomic E-state index is -0.555. The van der Waals surface area contributed by atoms with Crippen LogP contribution in [0.3, 0.4) is 0 Å². The quantitative estimate of drug-likeness (QED) is 0.784. The van der Waals surface area contributed by atoms with Crippen LogP contribution in [0.2, 0.25) is 0 Å². The fourth-order valence-corrected chi connectivity index (χ4v) is 2.51. The zero-order valence-corrected chi connectivity index (χ0v) is 12.2. The number of carbonyl (C=O) groups is 1. The average Bonchev–Trinajstić information content (AvgIpc) is 2.81. The maximum Gasteiger partial charge on any atom is 0.411 e. The highest BCUT2D eigenvalue weighted by molar-refractivity contribution is 5.70. The Morgan fingerprint density at radius 2 is 1.95 bits per heavy atom. The summed E-state index contributed by atoms with van der Waals surface area (Å²) in [7, 11) is 0. The van der Waals surface area contributed by atoms with Crippen LogP contribution in [0, 0.1) is 11.3 Å². The standard InChI is InChI=1S/C16H20N2O2/c1-16(2,3)20-15(19)18-13(11-17)9-10-14(18)12-7-5-4-6-8-12/h4-8,13-14H,9-10H2,1-3H3/t13?,14-/m1/s1. The van der Waals surface area contributed by atoms with Crippen LogP contribution in [0.4, 0.5) is 4.79 Å². The van der Waals surface area contributed by atoms with Gasteiger partial charge in [0, 0.05) is 0 Å². The Kier molecular flexibility index (Phi) is 3.99. The highest BCUT2D eigenvalue weighted by atomic mass is 16.6. The summed E-state index contributed by atoms with van der Waals surface area (Å²) in [6.45, 7) is 5.50. The van der Waals surface area contributed by atoms with E-state index in [0.717, 1.165) is 12.0 Å². The number of nitrogens with zero attached hydrogens (tertiary/aromatic N) is 2. The van der Waals surface area contributed by atoms with Gasteiger partial charge in [-0.2, -0.15) is 5.26 Å². The largest absolute Gasteiger partial charge is 0.444 e. The molecule has 1 heterocycles. The molecule has 1 aliphatic heterocycles. The summed E-state index contributed by atoms with van der Waals surface area (Å²) in [5, 5.41) is 9.25. The SMILES string of the molecule is CC(C)(C)OC(=O)N1C(C#N)CC[C@@H]1c1ccccc1. The van der Waals surface area contributed by atoms with Gasteiger partial charge in [0.1, 0.15) is 11.6 Å². The summed E-state index contributed by atoms with van der Waals surface area (Å²) < 4.78 is 5.44. The molecular formula is C16H20N2O2. The van der Waals surface area contributed by atoms with E-state index in [1.807, 2.05) is 51.1 Å². The highest BCUT2D eigenvalue weighted by Crippen LogP contribution is 2.36. The predicted molar refractivity (Wildman–Crippen MR) is 75.9 cm³/mol. The van der Waals surface area contributed by atoms with Crippen LogP contribution in [0.5, 0.6) is 0 Å². The lowest BCUT2D eigenvalue weighted by molar-refractivity contribution is 0.0183. The summed E-state index contributed by atoms with van der Waals surface area (Å²) >= 11 is 0. The van der Waals surface area contributed by atoms with Gasteiger partial charge in [-0.15, -0.1) is 0 Å². The Morgan fingerprint density at radius 3 is 2.50 bits per heavy atom. The Balaban J connectivity index is 2.25. The van der Waals surface area contributed by atoms with Crippen molar-refractivity contribution in [2.24, 2.45) is 0 Å². The molecule has 0 aliphatic carbocycles. The maximum atomic E-state index is 12.4. The van der Waals surface area contributed by atoms with Gasteiger partial charge < -0.3 is 4.74 Å². The van der Waals surface area contributed by atoms with Crippen LogP contribution in [-0.4, -0.2) is 22.6 Å². The number of rotatable bonds is 1. The highest BCUT2D eigenvalue weighted by Gasteiger charge is 2.40. The van der Waals surface area contributed by atoms with E-state index >= 15 is 0 Å². The molecule has 1 unspecified atom stereocenters. The summed E-state index contributed by atoms with van der Waals surface area (Å²) in [6, 6.07) is 11.5. The first-order chi connectivity index (χ1) is 9.42. The van der Waals surface area contributed by atoms with Gasteiger partial charge in [-0.05, 0) is 39.2 Å².